The van der Waals surface area contributed by atoms with E-state index in [0.29, 0.717) is 6.61 Å². The highest BCUT2D eigenvalue weighted by Gasteiger charge is 2.55. The second-order valence-electron chi connectivity index (χ2n) is 16.4. The van der Waals surface area contributed by atoms with Gasteiger partial charge in [0.25, 0.3) is 0 Å². The summed E-state index contributed by atoms with van der Waals surface area (Å²) in [7, 11) is 0. The fourth-order valence-electron chi connectivity index (χ4n) is 7.64. The third kappa shape index (κ3) is 11.5. The van der Waals surface area contributed by atoms with Crippen LogP contribution in [0.25, 0.3) is 0 Å². The molecule has 2 aliphatic heterocycles. The number of cyclic esters (lactones) is 1. The van der Waals surface area contributed by atoms with Crippen LogP contribution >= 0.6 is 0 Å². The molecule has 0 spiro atoms. The number of amides is 1. The number of carbonyl (C=O) groups is 2. The van der Waals surface area contributed by atoms with Gasteiger partial charge in [-0.15, -0.1) is 0 Å². The molecular formula is C50H55NO9. The Morgan fingerprint density at radius 1 is 0.550 bits per heavy atom. The van der Waals surface area contributed by atoms with Gasteiger partial charge >= 0.3 is 12.1 Å². The Morgan fingerprint density at radius 3 is 1.40 bits per heavy atom. The van der Waals surface area contributed by atoms with Gasteiger partial charge in [-0.25, -0.2) is 9.59 Å². The first-order valence-electron chi connectivity index (χ1n) is 20.7. The molecule has 0 N–H and O–H groups in total. The number of carbonyl (C=O) groups excluding carboxylic acids is 2. The van der Waals surface area contributed by atoms with Crippen LogP contribution in [0.5, 0.6) is 0 Å². The van der Waals surface area contributed by atoms with E-state index < -0.39 is 60.3 Å². The lowest BCUT2D eigenvalue weighted by molar-refractivity contribution is -0.274. The predicted octanol–water partition coefficient (Wildman–Crippen LogP) is 9.05. The third-order valence-corrected chi connectivity index (χ3v) is 10.7. The topological polar surface area (TPSA) is 102 Å². The quantitative estimate of drug-likeness (QED) is 0.0852. The Balaban J connectivity index is 1.24. The van der Waals surface area contributed by atoms with Gasteiger partial charge in [0.1, 0.15) is 37.1 Å². The molecule has 2 heterocycles. The first kappa shape index (κ1) is 42.8. The Morgan fingerprint density at radius 2 is 0.950 bits per heavy atom. The van der Waals surface area contributed by atoms with Crippen molar-refractivity contribution in [3.05, 3.63) is 179 Å². The van der Waals surface area contributed by atoms with Crippen molar-refractivity contribution in [2.24, 2.45) is 5.41 Å². The number of hydrogen-bond donors (Lipinski definition) is 0. The Bertz CT molecular complexity index is 2050. The van der Waals surface area contributed by atoms with Crippen molar-refractivity contribution < 1.29 is 42.7 Å². The van der Waals surface area contributed by atoms with Crippen LogP contribution in [0.3, 0.4) is 0 Å². The smallest absolute Gasteiger partial charge is 0.413 e. The molecule has 5 aromatic carbocycles. The van der Waals surface area contributed by atoms with Crippen LogP contribution in [-0.4, -0.2) is 66.4 Å². The van der Waals surface area contributed by atoms with Crippen LogP contribution in [-0.2, 0) is 71.0 Å². The molecular weight excluding hydrogens is 759 g/mol. The maximum atomic E-state index is 14.1. The highest BCUT2D eigenvalue weighted by molar-refractivity contribution is 5.84. The van der Waals surface area contributed by atoms with E-state index in [1.54, 1.807) is 0 Å². The highest BCUT2D eigenvalue weighted by atomic mass is 16.6. The minimum absolute atomic E-state index is 0.0351. The molecule has 1 amide bonds. The number of benzene rings is 5. The van der Waals surface area contributed by atoms with E-state index in [2.05, 4.69) is 0 Å². The molecule has 0 aromatic heterocycles. The molecule has 0 unspecified atom stereocenters. The van der Waals surface area contributed by atoms with Crippen LogP contribution in [0, 0.1) is 5.41 Å². The minimum Gasteiger partial charge on any atom is -0.444 e. The van der Waals surface area contributed by atoms with Crippen LogP contribution in [0.2, 0.25) is 0 Å². The second kappa shape index (κ2) is 20.7. The number of rotatable bonds is 17. The second-order valence-corrected chi connectivity index (χ2v) is 16.4. The molecule has 2 aliphatic rings. The summed E-state index contributed by atoms with van der Waals surface area (Å²) in [6, 6.07) is 48.1. The van der Waals surface area contributed by atoms with Crippen molar-refractivity contribution in [3.8, 4) is 0 Å². The molecule has 0 bridgehead atoms. The van der Waals surface area contributed by atoms with Crippen LogP contribution in [0.4, 0.5) is 4.79 Å². The zero-order valence-electron chi connectivity index (χ0n) is 34.5. The molecule has 2 saturated heterocycles. The SMILES string of the molecule is CC(C)(C)[C@@H]1OC(=O)[C@H](C[C@H]2O[C@H](COCc3ccccc3)[C@H](OCc3ccccc3)[C@H](OCc3ccccc3)[C@H]2OCc2ccccc2)N1C(=O)OCc1ccccc1. The Labute approximate surface area is 353 Å². The number of ether oxygens (including phenoxy) is 7. The molecule has 314 valence electrons. The van der Waals surface area contributed by atoms with Crippen LogP contribution in [0.15, 0.2) is 152 Å². The number of hydrogen-bond acceptors (Lipinski definition) is 9. The van der Waals surface area contributed by atoms with E-state index >= 15 is 0 Å². The zero-order chi connectivity index (χ0) is 41.7. The Kier molecular flexibility index (Phi) is 14.8. The minimum atomic E-state index is -1.05. The molecule has 7 rings (SSSR count). The Hall–Kier alpha value is -5.36. The van der Waals surface area contributed by atoms with Crippen molar-refractivity contribution in [3.63, 3.8) is 0 Å². The van der Waals surface area contributed by atoms with E-state index in [1.165, 1.54) is 4.90 Å². The average molecular weight is 814 g/mol. The number of esters is 1. The summed E-state index contributed by atoms with van der Waals surface area (Å²) >= 11 is 0. The lowest BCUT2D eigenvalue weighted by Gasteiger charge is -2.47. The molecule has 0 radical (unpaired) electrons. The molecule has 0 saturated carbocycles. The van der Waals surface area contributed by atoms with Gasteiger partial charge in [0, 0.05) is 11.8 Å². The van der Waals surface area contributed by atoms with Gasteiger partial charge in [-0.1, -0.05) is 172 Å². The lowest BCUT2D eigenvalue weighted by Crippen LogP contribution is -2.62. The van der Waals surface area contributed by atoms with Gasteiger partial charge in [0.15, 0.2) is 6.23 Å². The summed E-state index contributed by atoms with van der Waals surface area (Å²) in [6.07, 6.45) is -5.06. The largest absolute Gasteiger partial charge is 0.444 e. The van der Waals surface area contributed by atoms with Crippen LogP contribution in [0.1, 0.15) is 55.0 Å². The summed E-state index contributed by atoms with van der Waals surface area (Å²) in [5, 5.41) is 0. The third-order valence-electron chi connectivity index (χ3n) is 10.7. The highest BCUT2D eigenvalue weighted by Crippen LogP contribution is 2.38. The normalized spacial score (nSPS) is 22.9. The summed E-state index contributed by atoms with van der Waals surface area (Å²) in [4.78, 5) is 29.6. The fourth-order valence-corrected chi connectivity index (χ4v) is 7.64. The number of nitrogens with zero attached hydrogens (tertiary/aromatic N) is 1. The van der Waals surface area contributed by atoms with Crippen molar-refractivity contribution in [1.29, 1.82) is 0 Å². The van der Waals surface area contributed by atoms with Crippen molar-refractivity contribution in [2.45, 2.75) is 103 Å². The maximum Gasteiger partial charge on any atom is 0.413 e. The van der Waals surface area contributed by atoms with Crippen LogP contribution < -0.4 is 0 Å². The summed E-state index contributed by atoms with van der Waals surface area (Å²) in [5.74, 6) is -0.543. The van der Waals surface area contributed by atoms with E-state index in [9.17, 15) is 9.59 Å². The van der Waals surface area contributed by atoms with Crippen molar-refractivity contribution in [2.75, 3.05) is 6.61 Å². The van der Waals surface area contributed by atoms with Gasteiger partial charge in [-0.05, 0) is 27.8 Å². The van der Waals surface area contributed by atoms with Crippen molar-refractivity contribution >= 4 is 12.1 Å². The summed E-state index contributed by atoms with van der Waals surface area (Å²) in [6.45, 7) is 7.11. The first-order chi connectivity index (χ1) is 29.2. The first-order valence-corrected chi connectivity index (χ1v) is 20.7. The average Bonchev–Trinajstić information content (AvgIpc) is 3.61. The van der Waals surface area contributed by atoms with Gasteiger partial charge in [-0.2, -0.15) is 0 Å². The molecule has 0 aliphatic carbocycles. The maximum absolute atomic E-state index is 14.1. The van der Waals surface area contributed by atoms with E-state index in [-0.39, 0.29) is 39.5 Å². The summed E-state index contributed by atoms with van der Waals surface area (Å²) in [5.41, 5.74) is 4.12. The van der Waals surface area contributed by atoms with Gasteiger partial charge in [0.2, 0.25) is 0 Å². The molecule has 10 nitrogen and oxygen atoms in total. The summed E-state index contributed by atoms with van der Waals surface area (Å²) < 4.78 is 45.9. The molecule has 10 heteroatoms. The zero-order valence-corrected chi connectivity index (χ0v) is 34.5. The monoisotopic (exact) mass is 813 g/mol. The van der Waals surface area contributed by atoms with Gasteiger partial charge in [-0.3, -0.25) is 4.90 Å². The molecule has 2 fully saturated rings. The predicted molar refractivity (Wildman–Crippen MR) is 226 cm³/mol. The molecule has 5 aromatic rings. The standard InChI is InChI=1S/C50H55NO9/c1-50(2,3)48-51(49(53)58-34-40-27-17-8-18-28-40)41(47(52)60-48)29-42-44(55-31-37-21-11-5-12-22-37)46(57-33-39-25-15-7-16-26-39)45(56-32-38-23-13-6-14-24-38)43(59-42)35-54-30-36-19-9-4-10-20-36/h4-28,41-46,48H,29-35H2,1-3H3/t41-,42+,43+,44-,45-,46+,48-/m0/s1. The van der Waals surface area contributed by atoms with E-state index in [1.807, 2.05) is 172 Å². The van der Waals surface area contributed by atoms with Gasteiger partial charge in [0.05, 0.1) is 39.1 Å². The molecule has 60 heavy (non-hydrogen) atoms. The molecule has 7 atom stereocenters. The van der Waals surface area contributed by atoms with Gasteiger partial charge < -0.3 is 33.2 Å². The van der Waals surface area contributed by atoms with Crippen molar-refractivity contribution in [1.82, 2.24) is 4.90 Å². The fraction of sp³-hybridized carbons (Fsp3) is 0.360. The van der Waals surface area contributed by atoms with E-state index in [0.717, 1.165) is 27.8 Å². The lowest BCUT2D eigenvalue weighted by atomic mass is 9.89. The van der Waals surface area contributed by atoms with E-state index in [4.69, 9.17) is 33.2 Å².